The number of nitrogens with one attached hydrogen (secondary N) is 1. The van der Waals surface area contributed by atoms with Crippen LogP contribution in [0.25, 0.3) is 0 Å². The van der Waals surface area contributed by atoms with Crippen LogP contribution < -0.4 is 14.8 Å². The molecule has 1 aliphatic rings. The number of hydrogen-bond acceptors (Lipinski definition) is 5. The topological polar surface area (TPSA) is 84.9 Å². The summed E-state index contributed by atoms with van der Waals surface area (Å²) in [6.07, 6.45) is 0.0413. The van der Waals surface area contributed by atoms with Crippen LogP contribution in [0.5, 0.6) is 11.5 Å². The third kappa shape index (κ3) is 3.98. The lowest BCUT2D eigenvalue weighted by atomic mass is 10.1. The number of carbonyl (C=O) groups excluding carboxylic acids is 3. The number of methoxy groups -OCH3 is 1. The molecule has 1 heterocycles. The van der Waals surface area contributed by atoms with Crippen molar-refractivity contribution in [1.82, 2.24) is 10.2 Å². The summed E-state index contributed by atoms with van der Waals surface area (Å²) >= 11 is 0. The molecule has 0 radical (unpaired) electrons. The number of benzene rings is 2. The molecule has 1 aliphatic heterocycles. The zero-order valence-corrected chi connectivity index (χ0v) is 15.9. The second kappa shape index (κ2) is 8.56. The van der Waals surface area contributed by atoms with Gasteiger partial charge in [0.15, 0.2) is 11.5 Å². The standard InChI is InChI=1S/C21H22N2O5/c1-3-28-17-9-8-14(12-18(17)27-2)13-22-19(24)10-11-23-20(25)15-6-4-5-7-16(15)21(23)26/h4-9,12H,3,10-11,13H2,1-2H3,(H,22,24). The Labute approximate surface area is 163 Å². The molecule has 0 saturated carbocycles. The van der Waals surface area contributed by atoms with Gasteiger partial charge in [-0.15, -0.1) is 0 Å². The van der Waals surface area contributed by atoms with Crippen LogP contribution in [-0.2, 0) is 11.3 Å². The molecule has 0 spiro atoms. The van der Waals surface area contributed by atoms with Gasteiger partial charge in [-0.05, 0) is 36.8 Å². The molecule has 0 atom stereocenters. The Kier molecular flexibility index (Phi) is 5.93. The molecule has 28 heavy (non-hydrogen) atoms. The summed E-state index contributed by atoms with van der Waals surface area (Å²) in [6.45, 7) is 2.78. The van der Waals surface area contributed by atoms with Gasteiger partial charge in [0.25, 0.3) is 11.8 Å². The van der Waals surface area contributed by atoms with Crippen LogP contribution in [-0.4, -0.2) is 42.9 Å². The predicted octanol–water partition coefficient (Wildman–Crippen LogP) is 2.40. The number of carbonyl (C=O) groups is 3. The summed E-state index contributed by atoms with van der Waals surface area (Å²) in [4.78, 5) is 37.9. The van der Waals surface area contributed by atoms with E-state index in [-0.39, 0.29) is 30.7 Å². The van der Waals surface area contributed by atoms with Crippen molar-refractivity contribution in [3.63, 3.8) is 0 Å². The van der Waals surface area contributed by atoms with Crippen LogP contribution >= 0.6 is 0 Å². The van der Waals surface area contributed by atoms with Crippen molar-refractivity contribution < 1.29 is 23.9 Å². The molecule has 3 rings (SSSR count). The van der Waals surface area contributed by atoms with E-state index in [9.17, 15) is 14.4 Å². The van der Waals surface area contributed by atoms with E-state index in [4.69, 9.17) is 9.47 Å². The van der Waals surface area contributed by atoms with Crippen molar-refractivity contribution in [2.24, 2.45) is 0 Å². The quantitative estimate of drug-likeness (QED) is 0.709. The summed E-state index contributed by atoms with van der Waals surface area (Å²) in [5.74, 6) is 0.282. The molecule has 0 unspecified atom stereocenters. The fourth-order valence-electron chi connectivity index (χ4n) is 3.04. The Hall–Kier alpha value is -3.35. The molecule has 0 fully saturated rings. The molecule has 0 bridgehead atoms. The summed E-state index contributed by atoms with van der Waals surface area (Å²) in [6, 6.07) is 12.1. The van der Waals surface area contributed by atoms with Gasteiger partial charge in [0, 0.05) is 19.5 Å². The molecule has 2 aromatic rings. The maximum Gasteiger partial charge on any atom is 0.261 e. The van der Waals surface area contributed by atoms with Crippen LogP contribution in [0.2, 0.25) is 0 Å². The molecule has 7 nitrogen and oxygen atoms in total. The molecule has 3 amide bonds. The van der Waals surface area contributed by atoms with E-state index >= 15 is 0 Å². The van der Waals surface area contributed by atoms with Crippen LogP contribution in [0.15, 0.2) is 42.5 Å². The third-order valence-electron chi connectivity index (χ3n) is 4.46. The van der Waals surface area contributed by atoms with Crippen LogP contribution in [0, 0.1) is 0 Å². The van der Waals surface area contributed by atoms with Gasteiger partial charge < -0.3 is 14.8 Å². The second-order valence-corrected chi connectivity index (χ2v) is 6.25. The zero-order chi connectivity index (χ0) is 20.1. The highest BCUT2D eigenvalue weighted by Gasteiger charge is 2.34. The first-order valence-corrected chi connectivity index (χ1v) is 9.06. The van der Waals surface area contributed by atoms with Crippen LogP contribution in [0.3, 0.4) is 0 Å². The highest BCUT2D eigenvalue weighted by molar-refractivity contribution is 6.21. The fourth-order valence-corrected chi connectivity index (χ4v) is 3.04. The minimum atomic E-state index is -0.357. The van der Waals surface area contributed by atoms with Crippen molar-refractivity contribution in [3.05, 3.63) is 59.2 Å². The van der Waals surface area contributed by atoms with E-state index < -0.39 is 0 Å². The molecular formula is C21H22N2O5. The van der Waals surface area contributed by atoms with E-state index in [0.717, 1.165) is 10.5 Å². The average molecular weight is 382 g/mol. The number of nitrogens with zero attached hydrogens (tertiary/aromatic N) is 1. The van der Waals surface area contributed by atoms with Gasteiger partial charge in [-0.25, -0.2) is 0 Å². The summed E-state index contributed by atoms with van der Waals surface area (Å²) in [5.41, 5.74) is 1.62. The van der Waals surface area contributed by atoms with Crippen molar-refractivity contribution in [2.45, 2.75) is 19.9 Å². The smallest absolute Gasteiger partial charge is 0.261 e. The number of ether oxygens (including phenoxy) is 2. The number of hydrogen-bond donors (Lipinski definition) is 1. The van der Waals surface area contributed by atoms with Crippen LogP contribution in [0.4, 0.5) is 0 Å². The molecule has 0 aromatic heterocycles. The number of imide groups is 1. The van der Waals surface area contributed by atoms with Crippen molar-refractivity contribution in [2.75, 3.05) is 20.3 Å². The maximum atomic E-state index is 12.3. The van der Waals surface area contributed by atoms with Gasteiger partial charge in [0.2, 0.25) is 5.91 Å². The van der Waals surface area contributed by atoms with Gasteiger partial charge >= 0.3 is 0 Å². The Morgan fingerprint density at radius 2 is 1.71 bits per heavy atom. The largest absolute Gasteiger partial charge is 0.493 e. The predicted molar refractivity (Wildman–Crippen MR) is 102 cm³/mol. The van der Waals surface area contributed by atoms with Gasteiger partial charge in [-0.1, -0.05) is 18.2 Å². The molecular weight excluding hydrogens is 360 g/mol. The first-order valence-electron chi connectivity index (χ1n) is 9.06. The summed E-state index contributed by atoms with van der Waals surface area (Å²) in [5, 5.41) is 2.79. The Morgan fingerprint density at radius 3 is 2.32 bits per heavy atom. The average Bonchev–Trinajstić information content (AvgIpc) is 2.96. The van der Waals surface area contributed by atoms with Gasteiger partial charge in [0.1, 0.15) is 0 Å². The lowest BCUT2D eigenvalue weighted by Crippen LogP contribution is -2.34. The molecule has 0 aliphatic carbocycles. The molecule has 0 saturated heterocycles. The van der Waals surface area contributed by atoms with E-state index in [1.807, 2.05) is 13.0 Å². The van der Waals surface area contributed by atoms with Gasteiger partial charge in [-0.3, -0.25) is 19.3 Å². The van der Waals surface area contributed by atoms with Gasteiger partial charge in [-0.2, -0.15) is 0 Å². The normalized spacial score (nSPS) is 12.7. The zero-order valence-electron chi connectivity index (χ0n) is 15.9. The fraction of sp³-hybridized carbons (Fsp3) is 0.286. The number of fused-ring (bicyclic) bond motifs is 1. The third-order valence-corrected chi connectivity index (χ3v) is 4.46. The summed E-state index contributed by atoms with van der Waals surface area (Å²) < 4.78 is 10.8. The molecule has 1 N–H and O–H groups in total. The van der Waals surface area contributed by atoms with Crippen molar-refractivity contribution in [1.29, 1.82) is 0 Å². The van der Waals surface area contributed by atoms with Crippen LogP contribution in [0.1, 0.15) is 39.6 Å². The Bertz CT molecular complexity index is 874. The van der Waals surface area contributed by atoms with Gasteiger partial charge in [0.05, 0.1) is 24.8 Å². The van der Waals surface area contributed by atoms with Crippen molar-refractivity contribution in [3.8, 4) is 11.5 Å². The first-order chi connectivity index (χ1) is 13.5. The molecule has 2 aromatic carbocycles. The van der Waals surface area contributed by atoms with E-state index in [1.165, 1.54) is 0 Å². The minimum absolute atomic E-state index is 0.0413. The minimum Gasteiger partial charge on any atom is -0.493 e. The Morgan fingerprint density at radius 1 is 1.04 bits per heavy atom. The Balaban J connectivity index is 1.53. The highest BCUT2D eigenvalue weighted by atomic mass is 16.5. The second-order valence-electron chi connectivity index (χ2n) is 6.25. The number of rotatable bonds is 8. The number of amides is 3. The SMILES string of the molecule is CCOc1ccc(CNC(=O)CCN2C(=O)c3ccccc3C2=O)cc1OC. The lowest BCUT2D eigenvalue weighted by molar-refractivity contribution is -0.121. The first kappa shape index (κ1) is 19.4. The van der Waals surface area contributed by atoms with E-state index in [1.54, 1.807) is 43.5 Å². The molecule has 146 valence electrons. The van der Waals surface area contributed by atoms with E-state index in [0.29, 0.717) is 35.8 Å². The maximum absolute atomic E-state index is 12.3. The monoisotopic (exact) mass is 382 g/mol. The summed E-state index contributed by atoms with van der Waals surface area (Å²) in [7, 11) is 1.56. The lowest BCUT2D eigenvalue weighted by Gasteiger charge is -2.14. The highest BCUT2D eigenvalue weighted by Crippen LogP contribution is 2.28. The molecule has 7 heteroatoms. The van der Waals surface area contributed by atoms with E-state index in [2.05, 4.69) is 5.32 Å². The van der Waals surface area contributed by atoms with Crippen molar-refractivity contribution >= 4 is 17.7 Å².